The van der Waals surface area contributed by atoms with Gasteiger partial charge in [-0.25, -0.2) is 0 Å². The van der Waals surface area contributed by atoms with E-state index in [2.05, 4.69) is 16.7 Å². The van der Waals surface area contributed by atoms with Crippen molar-refractivity contribution >= 4 is 46.8 Å². The monoisotopic (exact) mass is 483 g/mol. The van der Waals surface area contributed by atoms with E-state index in [-0.39, 0.29) is 22.3 Å². The summed E-state index contributed by atoms with van der Waals surface area (Å²) in [5.74, 6) is -3.73. The van der Waals surface area contributed by atoms with E-state index >= 15 is 0 Å². The highest BCUT2D eigenvalue weighted by Gasteiger charge is 2.44. The quantitative estimate of drug-likeness (QED) is 0.473. The van der Waals surface area contributed by atoms with Gasteiger partial charge < -0.3 is 15.4 Å². The van der Waals surface area contributed by atoms with Crippen molar-refractivity contribution in [2.24, 2.45) is 5.92 Å². The van der Waals surface area contributed by atoms with E-state index in [1.165, 1.54) is 7.11 Å². The number of allylic oxidation sites excluding steroid dienone is 1. The number of halogens is 1. The van der Waals surface area contributed by atoms with E-state index in [9.17, 15) is 19.6 Å². The Hall–Kier alpha value is -3.28. The molecule has 0 aromatic heterocycles. The van der Waals surface area contributed by atoms with Crippen LogP contribution in [0.2, 0.25) is 5.02 Å². The molecule has 1 aliphatic heterocycles. The number of aryl methyl sites for hydroxylation is 1. The molecular weight excluding hydrogens is 462 g/mol. The normalized spacial score (nSPS) is 17.7. The number of rotatable bonds is 6. The topological polar surface area (TPSA) is 108 Å². The predicted molar refractivity (Wildman–Crippen MR) is 127 cm³/mol. The zero-order chi connectivity index (χ0) is 24.1. The van der Waals surface area contributed by atoms with Crippen LogP contribution in [-0.4, -0.2) is 30.6 Å². The van der Waals surface area contributed by atoms with Crippen molar-refractivity contribution in [2.75, 3.05) is 18.2 Å². The van der Waals surface area contributed by atoms with Crippen LogP contribution in [0.4, 0.5) is 5.69 Å². The molecule has 2 N–H and O–H groups in total. The van der Waals surface area contributed by atoms with Crippen molar-refractivity contribution < 1.29 is 19.1 Å². The van der Waals surface area contributed by atoms with Crippen molar-refractivity contribution in [3.8, 4) is 6.07 Å². The van der Waals surface area contributed by atoms with Crippen LogP contribution in [-0.2, 0) is 19.1 Å². The number of nitrogens with one attached hydrogen (secondary N) is 2. The number of ether oxygens (including phenoxy) is 1. The van der Waals surface area contributed by atoms with E-state index in [0.29, 0.717) is 16.3 Å². The Morgan fingerprint density at radius 2 is 1.91 bits per heavy atom. The van der Waals surface area contributed by atoms with E-state index in [4.69, 9.17) is 16.3 Å². The van der Waals surface area contributed by atoms with Gasteiger partial charge in [0.15, 0.2) is 0 Å². The molecule has 1 heterocycles. The van der Waals surface area contributed by atoms with E-state index < -0.39 is 23.7 Å². The third-order valence-electron chi connectivity index (χ3n) is 5.31. The molecule has 0 fully saturated rings. The number of nitriles is 1. The maximum Gasteiger partial charge on any atom is 0.319 e. The fourth-order valence-corrected chi connectivity index (χ4v) is 4.54. The minimum absolute atomic E-state index is 0.0593. The first-order valence-electron chi connectivity index (χ1n) is 10.0. The van der Waals surface area contributed by atoms with Crippen LogP contribution >= 0.6 is 23.4 Å². The molecule has 0 aliphatic carbocycles. The van der Waals surface area contributed by atoms with Gasteiger partial charge in [0.25, 0.3) is 0 Å². The smallest absolute Gasteiger partial charge is 0.319 e. The van der Waals surface area contributed by atoms with Gasteiger partial charge in [0.1, 0.15) is 5.92 Å². The molecule has 0 saturated heterocycles. The maximum absolute atomic E-state index is 12.9. The summed E-state index contributed by atoms with van der Waals surface area (Å²) in [4.78, 5) is 37.8. The average Bonchev–Trinajstić information content (AvgIpc) is 2.80. The summed E-state index contributed by atoms with van der Waals surface area (Å²) in [6.45, 7) is 3.71. The molecule has 2 aromatic carbocycles. The van der Waals surface area contributed by atoms with E-state index in [0.717, 1.165) is 22.9 Å². The average molecular weight is 484 g/mol. The number of carbonyl (C=O) groups is 3. The first-order valence-corrected chi connectivity index (χ1v) is 11.4. The van der Waals surface area contributed by atoms with Crippen LogP contribution in [0.5, 0.6) is 0 Å². The van der Waals surface area contributed by atoms with Gasteiger partial charge in [-0.3, -0.25) is 14.4 Å². The van der Waals surface area contributed by atoms with Crippen LogP contribution in [0.25, 0.3) is 0 Å². The Morgan fingerprint density at radius 1 is 1.21 bits per heavy atom. The number of nitrogens with zero attached hydrogens (tertiary/aromatic N) is 1. The Balaban J connectivity index is 1.89. The number of carbonyl (C=O) groups excluding carboxylic acids is 3. The van der Waals surface area contributed by atoms with Crippen molar-refractivity contribution in [3.05, 3.63) is 74.8 Å². The second-order valence-corrected chi connectivity index (χ2v) is 8.88. The molecule has 33 heavy (non-hydrogen) atoms. The molecule has 0 saturated carbocycles. The summed E-state index contributed by atoms with van der Waals surface area (Å²) in [6, 6.07) is 14.6. The molecule has 2 amide bonds. The highest BCUT2D eigenvalue weighted by Crippen LogP contribution is 2.40. The minimum atomic E-state index is -1.21. The Morgan fingerprint density at radius 3 is 2.55 bits per heavy atom. The summed E-state index contributed by atoms with van der Waals surface area (Å²) >= 11 is 7.12. The summed E-state index contributed by atoms with van der Waals surface area (Å²) in [5.41, 5.74) is 3.16. The van der Waals surface area contributed by atoms with E-state index in [1.807, 2.05) is 19.1 Å². The number of thioether (sulfide) groups is 1. The molecule has 0 bridgehead atoms. The van der Waals surface area contributed by atoms with Crippen LogP contribution in [0.15, 0.2) is 53.1 Å². The number of esters is 1. The van der Waals surface area contributed by atoms with Crippen LogP contribution in [0.3, 0.4) is 0 Å². The molecule has 7 nitrogen and oxygen atoms in total. The molecule has 0 radical (unpaired) electrons. The van der Waals surface area contributed by atoms with Gasteiger partial charge in [0.05, 0.1) is 29.5 Å². The van der Waals surface area contributed by atoms with E-state index in [1.54, 1.807) is 37.3 Å². The zero-order valence-electron chi connectivity index (χ0n) is 18.3. The number of amides is 2. The van der Waals surface area contributed by atoms with Gasteiger partial charge in [-0.2, -0.15) is 5.26 Å². The van der Waals surface area contributed by atoms with Gasteiger partial charge in [0, 0.05) is 16.6 Å². The van der Waals surface area contributed by atoms with Gasteiger partial charge in [-0.05, 0) is 37.1 Å². The molecule has 0 spiro atoms. The summed E-state index contributed by atoms with van der Waals surface area (Å²) < 4.78 is 4.84. The fourth-order valence-electron chi connectivity index (χ4n) is 3.52. The third kappa shape index (κ3) is 5.38. The number of hydrogen-bond donors (Lipinski definition) is 2. The first kappa shape index (κ1) is 24.4. The molecule has 0 unspecified atom stereocenters. The predicted octanol–water partition coefficient (Wildman–Crippen LogP) is 4.07. The second-order valence-electron chi connectivity index (χ2n) is 7.48. The molecule has 2 aromatic rings. The summed E-state index contributed by atoms with van der Waals surface area (Å²) in [6.07, 6.45) is 0. The van der Waals surface area contributed by atoms with Crippen LogP contribution in [0, 0.1) is 31.1 Å². The molecule has 3 rings (SSSR count). The number of benzene rings is 2. The summed E-state index contributed by atoms with van der Waals surface area (Å²) in [5, 5.41) is 16.1. The van der Waals surface area contributed by atoms with Crippen LogP contribution in [0.1, 0.15) is 22.6 Å². The standard InChI is InChI=1S/C24H22ClN3O4S/c1-13-7-9-15(10-8-13)20-16(11-26)23(28-22(30)21(20)24(31)32-3)33-12-19(29)27-18-6-4-5-17(25)14(18)2/h4-10,20-21H,12H2,1-3H3,(H,27,29)(H,28,30)/t20-,21+/m1/s1. The zero-order valence-corrected chi connectivity index (χ0v) is 19.8. The van der Waals surface area contributed by atoms with Crippen molar-refractivity contribution in [2.45, 2.75) is 19.8 Å². The Bertz CT molecular complexity index is 1170. The van der Waals surface area contributed by atoms with Crippen molar-refractivity contribution in [3.63, 3.8) is 0 Å². The Labute approximate surface area is 201 Å². The molecule has 170 valence electrons. The molecule has 1 aliphatic rings. The first-order chi connectivity index (χ1) is 15.8. The second kappa shape index (κ2) is 10.6. The third-order valence-corrected chi connectivity index (χ3v) is 6.74. The highest BCUT2D eigenvalue weighted by atomic mass is 35.5. The lowest BCUT2D eigenvalue weighted by Gasteiger charge is -2.31. The molecule has 2 atom stereocenters. The van der Waals surface area contributed by atoms with Gasteiger partial charge in [-0.1, -0.05) is 59.3 Å². The number of hydrogen-bond acceptors (Lipinski definition) is 6. The van der Waals surface area contributed by atoms with Crippen LogP contribution < -0.4 is 10.6 Å². The molecule has 9 heteroatoms. The lowest BCUT2D eigenvalue weighted by atomic mass is 9.78. The SMILES string of the molecule is COC(=O)[C@@H]1C(=O)NC(SCC(=O)Nc2cccc(Cl)c2C)=C(C#N)[C@H]1c1ccc(C)cc1. The molecular formula is C24H22ClN3O4S. The van der Waals surface area contributed by atoms with Crippen molar-refractivity contribution in [1.82, 2.24) is 5.32 Å². The minimum Gasteiger partial charge on any atom is -0.468 e. The number of anilines is 1. The van der Waals surface area contributed by atoms with Gasteiger partial charge in [-0.15, -0.1) is 0 Å². The largest absolute Gasteiger partial charge is 0.468 e. The summed E-state index contributed by atoms with van der Waals surface area (Å²) in [7, 11) is 1.20. The number of methoxy groups -OCH3 is 1. The lowest BCUT2D eigenvalue weighted by molar-refractivity contribution is -0.150. The fraction of sp³-hybridized carbons (Fsp3) is 0.250. The van der Waals surface area contributed by atoms with Crippen molar-refractivity contribution in [1.29, 1.82) is 5.26 Å². The van der Waals surface area contributed by atoms with Gasteiger partial charge >= 0.3 is 5.97 Å². The van der Waals surface area contributed by atoms with Gasteiger partial charge in [0.2, 0.25) is 11.8 Å². The lowest BCUT2D eigenvalue weighted by Crippen LogP contribution is -2.44. The highest BCUT2D eigenvalue weighted by molar-refractivity contribution is 8.03. The Kier molecular flexibility index (Phi) is 7.79. The maximum atomic E-state index is 12.9.